The normalized spacial score (nSPS) is 15.8. The molecule has 1 fully saturated rings. The molecule has 4 aromatic heterocycles. The molecule has 7 nitrogen and oxygen atoms in total. The molecule has 0 unspecified atom stereocenters. The quantitative estimate of drug-likeness (QED) is 0.575. The van der Waals surface area contributed by atoms with Crippen LogP contribution in [-0.2, 0) is 0 Å². The Morgan fingerprint density at radius 2 is 2.07 bits per heavy atom. The number of pyridine rings is 1. The number of nitrogens with zero attached hydrogens (tertiary/aromatic N) is 5. The number of hydrogen-bond donors (Lipinski definition) is 1. The molecule has 0 saturated carbocycles. The molecule has 4 aromatic rings. The molecule has 9 heteroatoms. The number of aryl methyl sites for hydroxylation is 1. The van der Waals surface area contributed by atoms with Crippen LogP contribution >= 0.6 is 11.3 Å². The zero-order valence-electron chi connectivity index (χ0n) is 14.6. The van der Waals surface area contributed by atoms with Gasteiger partial charge in [0.2, 0.25) is 0 Å². The fraction of sp³-hybridized carbons (Fsp3) is 0.333. The Morgan fingerprint density at radius 3 is 2.89 bits per heavy atom. The van der Waals surface area contributed by atoms with E-state index in [1.165, 1.54) is 17.4 Å². The maximum atomic E-state index is 14.4. The van der Waals surface area contributed by atoms with Crippen molar-refractivity contribution in [3.05, 3.63) is 46.5 Å². The highest BCUT2D eigenvalue weighted by atomic mass is 32.1. The second-order valence-electron chi connectivity index (χ2n) is 6.80. The summed E-state index contributed by atoms with van der Waals surface area (Å²) in [5, 5.41) is 8.23. The minimum absolute atomic E-state index is 0.108. The van der Waals surface area contributed by atoms with E-state index < -0.39 is 5.82 Å². The van der Waals surface area contributed by atoms with E-state index in [0.717, 1.165) is 31.6 Å². The second kappa shape index (κ2) is 6.21. The molecular weight excluding hydrogens is 367 g/mol. The summed E-state index contributed by atoms with van der Waals surface area (Å²) in [4.78, 5) is 21.6. The van der Waals surface area contributed by atoms with Crippen molar-refractivity contribution < 1.29 is 4.39 Å². The largest absolute Gasteiger partial charge is 0.317 e. The molecule has 0 bridgehead atoms. The molecule has 5 heterocycles. The number of rotatable bonds is 2. The van der Waals surface area contributed by atoms with Gasteiger partial charge in [0.05, 0.1) is 17.9 Å². The third-order valence-electron chi connectivity index (χ3n) is 4.89. The van der Waals surface area contributed by atoms with Crippen LogP contribution in [0.2, 0.25) is 0 Å². The molecule has 1 aliphatic heterocycles. The number of imidazole rings is 1. The Kier molecular flexibility index (Phi) is 3.80. The van der Waals surface area contributed by atoms with Crippen molar-refractivity contribution in [3.8, 4) is 10.6 Å². The maximum absolute atomic E-state index is 14.4. The lowest BCUT2D eigenvalue weighted by Gasteiger charge is -2.23. The number of aromatic nitrogens is 5. The van der Waals surface area contributed by atoms with E-state index in [1.807, 2.05) is 6.92 Å². The molecule has 5 rings (SSSR count). The first-order valence-electron chi connectivity index (χ1n) is 8.84. The molecule has 1 aliphatic rings. The van der Waals surface area contributed by atoms with Crippen molar-refractivity contribution in [1.82, 2.24) is 29.5 Å². The third kappa shape index (κ3) is 2.74. The molecule has 1 N–H and O–H groups in total. The van der Waals surface area contributed by atoms with Gasteiger partial charge in [0.25, 0.3) is 5.56 Å². The molecule has 27 heavy (non-hydrogen) atoms. The van der Waals surface area contributed by atoms with Crippen LogP contribution < -0.4 is 10.9 Å². The summed E-state index contributed by atoms with van der Waals surface area (Å²) in [5.41, 5.74) is 2.07. The number of halogens is 1. The Balaban J connectivity index is 1.62. The van der Waals surface area contributed by atoms with E-state index in [2.05, 4.69) is 20.4 Å². The first-order chi connectivity index (χ1) is 13.1. The molecule has 0 spiro atoms. The van der Waals surface area contributed by atoms with Crippen LogP contribution in [0.3, 0.4) is 0 Å². The third-order valence-corrected chi connectivity index (χ3v) is 6.00. The molecule has 0 aliphatic carbocycles. The second-order valence-corrected chi connectivity index (χ2v) is 7.80. The highest BCUT2D eigenvalue weighted by Crippen LogP contribution is 2.29. The fourth-order valence-electron chi connectivity index (χ4n) is 3.58. The van der Waals surface area contributed by atoms with Crippen LogP contribution in [0.1, 0.15) is 24.6 Å². The smallest absolute Gasteiger partial charge is 0.286 e. The van der Waals surface area contributed by atoms with Crippen LogP contribution in [0.4, 0.5) is 4.39 Å². The van der Waals surface area contributed by atoms with Gasteiger partial charge in [-0.3, -0.25) is 4.79 Å². The Labute approximate surface area is 157 Å². The highest BCUT2D eigenvalue weighted by molar-refractivity contribution is 7.21. The molecule has 0 atom stereocenters. The monoisotopic (exact) mass is 384 g/mol. The summed E-state index contributed by atoms with van der Waals surface area (Å²) in [6.07, 6.45) is 6.95. The minimum Gasteiger partial charge on any atom is -0.317 e. The first-order valence-corrected chi connectivity index (χ1v) is 9.66. The van der Waals surface area contributed by atoms with Gasteiger partial charge >= 0.3 is 0 Å². The lowest BCUT2D eigenvalue weighted by Crippen LogP contribution is -2.35. The van der Waals surface area contributed by atoms with E-state index in [0.29, 0.717) is 20.8 Å². The van der Waals surface area contributed by atoms with Gasteiger partial charge in [0.15, 0.2) is 11.5 Å². The van der Waals surface area contributed by atoms with Gasteiger partial charge in [-0.15, -0.1) is 11.3 Å². The highest BCUT2D eigenvalue weighted by Gasteiger charge is 2.20. The number of nitrogens with one attached hydrogen (secondary N) is 1. The molecule has 1 saturated heterocycles. The predicted octanol–water partition coefficient (Wildman–Crippen LogP) is 2.54. The average molecular weight is 384 g/mol. The summed E-state index contributed by atoms with van der Waals surface area (Å²) < 4.78 is 18.2. The van der Waals surface area contributed by atoms with Crippen molar-refractivity contribution in [2.75, 3.05) is 13.1 Å². The Bertz CT molecular complexity index is 1220. The Hall–Kier alpha value is -2.65. The molecular formula is C18H17FN6OS. The van der Waals surface area contributed by atoms with Crippen molar-refractivity contribution >= 4 is 27.2 Å². The number of hydrogen-bond acceptors (Lipinski definition) is 6. The molecule has 138 valence electrons. The molecule has 0 amide bonds. The number of fused-ring (bicyclic) bond motifs is 2. The zero-order chi connectivity index (χ0) is 18.5. The van der Waals surface area contributed by atoms with Crippen molar-refractivity contribution in [2.45, 2.75) is 25.8 Å². The zero-order valence-corrected chi connectivity index (χ0v) is 15.5. The SMILES string of the molecule is Cc1cn2cc(-c3nc4cnn(C5CCNCC5)c(=O)c4s3)cc(F)c2n1. The summed E-state index contributed by atoms with van der Waals surface area (Å²) in [6, 6.07) is 1.52. The van der Waals surface area contributed by atoms with E-state index in [-0.39, 0.29) is 17.2 Å². The van der Waals surface area contributed by atoms with Gasteiger partial charge in [0, 0.05) is 18.0 Å². The van der Waals surface area contributed by atoms with E-state index in [1.54, 1.807) is 27.7 Å². The summed E-state index contributed by atoms with van der Waals surface area (Å²) in [7, 11) is 0. The van der Waals surface area contributed by atoms with E-state index in [4.69, 9.17) is 0 Å². The predicted molar refractivity (Wildman–Crippen MR) is 102 cm³/mol. The molecule has 0 radical (unpaired) electrons. The first kappa shape index (κ1) is 16.5. The van der Waals surface area contributed by atoms with Gasteiger partial charge in [-0.05, 0) is 38.9 Å². The topological polar surface area (TPSA) is 77.1 Å². The Morgan fingerprint density at radius 1 is 1.26 bits per heavy atom. The van der Waals surface area contributed by atoms with Crippen LogP contribution in [0.25, 0.3) is 26.4 Å². The standard InChI is InChI=1S/C18H17FN6OS/c1-10-8-24-9-11(6-13(19)16(24)22-10)17-23-14-7-21-25(18(26)15(14)27-17)12-2-4-20-5-3-12/h6-9,12,20H,2-5H2,1H3. The van der Waals surface area contributed by atoms with Gasteiger partial charge in [-0.2, -0.15) is 5.10 Å². The van der Waals surface area contributed by atoms with Crippen molar-refractivity contribution in [2.24, 2.45) is 0 Å². The van der Waals surface area contributed by atoms with Crippen molar-refractivity contribution in [1.29, 1.82) is 0 Å². The van der Waals surface area contributed by atoms with Crippen LogP contribution in [0.5, 0.6) is 0 Å². The van der Waals surface area contributed by atoms with Gasteiger partial charge in [0.1, 0.15) is 15.2 Å². The average Bonchev–Trinajstić information content (AvgIpc) is 3.26. The summed E-state index contributed by atoms with van der Waals surface area (Å²) >= 11 is 1.28. The lowest BCUT2D eigenvalue weighted by molar-refractivity contribution is 0.333. The van der Waals surface area contributed by atoms with Crippen LogP contribution in [-0.4, -0.2) is 37.2 Å². The maximum Gasteiger partial charge on any atom is 0.286 e. The minimum atomic E-state index is -0.412. The summed E-state index contributed by atoms with van der Waals surface area (Å²) in [6.45, 7) is 3.58. The van der Waals surface area contributed by atoms with Gasteiger partial charge in [-0.25, -0.2) is 19.0 Å². The van der Waals surface area contributed by atoms with Gasteiger partial charge in [-0.1, -0.05) is 0 Å². The van der Waals surface area contributed by atoms with E-state index in [9.17, 15) is 9.18 Å². The number of piperidine rings is 1. The fourth-order valence-corrected chi connectivity index (χ4v) is 4.53. The van der Waals surface area contributed by atoms with Gasteiger partial charge < -0.3 is 9.72 Å². The number of thiazole rings is 1. The molecule has 0 aromatic carbocycles. The van der Waals surface area contributed by atoms with Crippen molar-refractivity contribution in [3.63, 3.8) is 0 Å². The summed E-state index contributed by atoms with van der Waals surface area (Å²) in [5.74, 6) is -0.412. The lowest BCUT2D eigenvalue weighted by atomic mass is 10.1. The van der Waals surface area contributed by atoms with Crippen LogP contribution in [0.15, 0.2) is 29.5 Å². The van der Waals surface area contributed by atoms with Crippen LogP contribution in [0, 0.1) is 12.7 Å². The van der Waals surface area contributed by atoms with E-state index >= 15 is 0 Å².